The molecule has 1 fully saturated rings. The lowest BCUT2D eigenvalue weighted by Crippen LogP contribution is -2.39. The number of tetrazole rings is 1. The number of anilines is 1. The van der Waals surface area contributed by atoms with E-state index < -0.39 is 6.04 Å². The van der Waals surface area contributed by atoms with Crippen molar-refractivity contribution in [3.05, 3.63) is 80.9 Å². The van der Waals surface area contributed by atoms with E-state index in [9.17, 15) is 4.79 Å². The molecule has 35 heavy (non-hydrogen) atoms. The fourth-order valence-corrected chi connectivity index (χ4v) is 5.59. The van der Waals surface area contributed by atoms with Crippen LogP contribution in [0.2, 0.25) is 0 Å². The maximum absolute atomic E-state index is 13.7. The Kier molecular flexibility index (Phi) is 5.60. The molecule has 2 aliphatic heterocycles. The second-order valence-electron chi connectivity index (χ2n) is 9.72. The van der Waals surface area contributed by atoms with Crippen molar-refractivity contribution in [3.8, 4) is 0 Å². The van der Waals surface area contributed by atoms with Gasteiger partial charge in [-0.05, 0) is 78.8 Å². The SMILES string of the molecule is Cc1ccc(C)c2[nH]c(=O)c([C@H](c3nnnn3C[C@@H]3CCCO3)N3CCCc4ccccc43)cc12. The van der Waals surface area contributed by atoms with Gasteiger partial charge in [0.1, 0.15) is 6.04 Å². The Labute approximate surface area is 203 Å². The summed E-state index contributed by atoms with van der Waals surface area (Å²) in [4.78, 5) is 19.1. The van der Waals surface area contributed by atoms with E-state index in [1.807, 2.05) is 23.7 Å². The summed E-state index contributed by atoms with van der Waals surface area (Å²) < 4.78 is 7.72. The lowest BCUT2D eigenvalue weighted by molar-refractivity contribution is 0.0924. The van der Waals surface area contributed by atoms with Crippen LogP contribution in [0.4, 0.5) is 5.69 Å². The highest BCUT2D eigenvalue weighted by Gasteiger charge is 2.34. The molecule has 0 bridgehead atoms. The van der Waals surface area contributed by atoms with Crippen LogP contribution in [0.25, 0.3) is 10.9 Å². The number of nitrogens with zero attached hydrogens (tertiary/aromatic N) is 5. The van der Waals surface area contributed by atoms with E-state index in [-0.39, 0.29) is 11.7 Å². The summed E-state index contributed by atoms with van der Waals surface area (Å²) in [5.41, 5.74) is 6.03. The van der Waals surface area contributed by atoms with Gasteiger partial charge in [-0.25, -0.2) is 4.68 Å². The number of hydrogen-bond donors (Lipinski definition) is 1. The predicted molar refractivity (Wildman–Crippen MR) is 135 cm³/mol. The lowest BCUT2D eigenvalue weighted by Gasteiger charge is -2.37. The quantitative estimate of drug-likeness (QED) is 0.477. The number of aromatic nitrogens is 5. The zero-order chi connectivity index (χ0) is 23.9. The fraction of sp³-hybridized carbons (Fsp3) is 0.407. The van der Waals surface area contributed by atoms with E-state index in [1.165, 1.54) is 5.56 Å². The van der Waals surface area contributed by atoms with Gasteiger partial charge >= 0.3 is 0 Å². The molecule has 2 aromatic heterocycles. The third-order valence-electron chi connectivity index (χ3n) is 7.43. The molecule has 6 rings (SSSR count). The molecule has 4 aromatic rings. The second-order valence-corrected chi connectivity index (χ2v) is 9.72. The molecule has 180 valence electrons. The van der Waals surface area contributed by atoms with Gasteiger partial charge in [-0.1, -0.05) is 30.3 Å². The minimum atomic E-state index is -0.416. The summed E-state index contributed by atoms with van der Waals surface area (Å²) in [5.74, 6) is 0.673. The zero-order valence-corrected chi connectivity index (χ0v) is 20.2. The van der Waals surface area contributed by atoms with E-state index in [0.717, 1.165) is 66.6 Å². The standard InChI is InChI=1S/C27H30N6O2/c1-17-11-12-18(2)24-21(17)15-22(27(34)28-24)25(32-13-5-8-19-7-3-4-10-23(19)32)26-29-30-31-33(26)16-20-9-6-14-35-20/h3-4,7,10-12,15,20,25H,5-6,8-9,13-14,16H2,1-2H3,(H,28,34)/t20-,25+/m0/s1. The molecule has 0 unspecified atom stereocenters. The second kappa shape index (κ2) is 8.92. The average molecular weight is 471 g/mol. The molecule has 0 amide bonds. The first-order valence-electron chi connectivity index (χ1n) is 12.5. The van der Waals surface area contributed by atoms with Crippen molar-refractivity contribution in [2.24, 2.45) is 0 Å². The lowest BCUT2D eigenvalue weighted by atomic mass is 9.95. The van der Waals surface area contributed by atoms with Crippen LogP contribution in [0.15, 0.2) is 47.3 Å². The molecule has 8 heteroatoms. The topological polar surface area (TPSA) is 88.9 Å². The molecule has 1 saturated heterocycles. The molecule has 2 aromatic carbocycles. The summed E-state index contributed by atoms with van der Waals surface area (Å²) in [6.07, 6.45) is 4.16. The van der Waals surface area contributed by atoms with Gasteiger partial charge in [0.25, 0.3) is 5.56 Å². The molecular weight excluding hydrogens is 440 g/mol. The summed E-state index contributed by atoms with van der Waals surface area (Å²) in [6, 6.07) is 14.2. The van der Waals surface area contributed by atoms with E-state index in [4.69, 9.17) is 4.74 Å². The molecule has 4 heterocycles. The first kappa shape index (κ1) is 22.0. The van der Waals surface area contributed by atoms with Crippen LogP contribution in [-0.2, 0) is 17.7 Å². The Bertz CT molecular complexity index is 1440. The van der Waals surface area contributed by atoms with Crippen LogP contribution in [-0.4, -0.2) is 44.4 Å². The number of pyridine rings is 1. The smallest absolute Gasteiger partial charge is 0.254 e. The van der Waals surface area contributed by atoms with Gasteiger partial charge in [0.15, 0.2) is 5.82 Å². The molecule has 0 spiro atoms. The molecule has 1 N–H and O–H groups in total. The van der Waals surface area contributed by atoms with Gasteiger partial charge in [0.2, 0.25) is 0 Å². The number of nitrogens with one attached hydrogen (secondary N) is 1. The summed E-state index contributed by atoms with van der Waals surface area (Å²) in [5, 5.41) is 13.9. The molecular formula is C27H30N6O2. The van der Waals surface area contributed by atoms with Gasteiger partial charge < -0.3 is 14.6 Å². The molecule has 0 radical (unpaired) electrons. The van der Waals surface area contributed by atoms with Gasteiger partial charge in [-0.15, -0.1) is 5.10 Å². The van der Waals surface area contributed by atoms with Crippen molar-refractivity contribution in [2.75, 3.05) is 18.1 Å². The first-order chi connectivity index (χ1) is 17.1. The van der Waals surface area contributed by atoms with Crippen molar-refractivity contribution in [2.45, 2.75) is 58.2 Å². The molecule has 0 saturated carbocycles. The van der Waals surface area contributed by atoms with Gasteiger partial charge in [0.05, 0.1) is 18.2 Å². The average Bonchev–Trinajstić information content (AvgIpc) is 3.55. The van der Waals surface area contributed by atoms with Crippen molar-refractivity contribution in [3.63, 3.8) is 0 Å². The minimum Gasteiger partial charge on any atom is -0.376 e. The molecule has 2 atom stereocenters. The number of rotatable bonds is 5. The number of ether oxygens (including phenoxy) is 1. The molecule has 2 aliphatic rings. The van der Waals surface area contributed by atoms with E-state index in [0.29, 0.717) is 17.9 Å². The minimum absolute atomic E-state index is 0.0892. The van der Waals surface area contributed by atoms with Crippen LogP contribution in [0.1, 0.15) is 53.4 Å². The van der Waals surface area contributed by atoms with Crippen molar-refractivity contribution < 1.29 is 4.74 Å². The molecule has 8 nitrogen and oxygen atoms in total. The van der Waals surface area contributed by atoms with Gasteiger partial charge in [-0.2, -0.15) is 0 Å². The number of hydrogen-bond acceptors (Lipinski definition) is 6. The summed E-state index contributed by atoms with van der Waals surface area (Å²) in [7, 11) is 0. The predicted octanol–water partition coefficient (Wildman–Crippen LogP) is 3.85. The van der Waals surface area contributed by atoms with E-state index in [1.54, 1.807) is 0 Å². The number of H-pyrrole nitrogens is 1. The number of benzene rings is 2. The number of aryl methyl sites for hydroxylation is 3. The highest BCUT2D eigenvalue weighted by Crippen LogP contribution is 2.37. The number of aromatic amines is 1. The van der Waals surface area contributed by atoms with Crippen molar-refractivity contribution >= 4 is 16.6 Å². The Hall–Kier alpha value is -3.52. The summed E-state index contributed by atoms with van der Waals surface area (Å²) in [6.45, 7) is 6.28. The van der Waals surface area contributed by atoms with Crippen LogP contribution >= 0.6 is 0 Å². The van der Waals surface area contributed by atoms with Gasteiger partial charge in [-0.3, -0.25) is 4.79 Å². The Morgan fingerprint density at radius 3 is 2.86 bits per heavy atom. The number of fused-ring (bicyclic) bond motifs is 2. The molecule has 0 aliphatic carbocycles. The Balaban J connectivity index is 1.55. The largest absolute Gasteiger partial charge is 0.376 e. The van der Waals surface area contributed by atoms with Crippen molar-refractivity contribution in [1.29, 1.82) is 0 Å². The monoisotopic (exact) mass is 470 g/mol. The maximum Gasteiger partial charge on any atom is 0.254 e. The van der Waals surface area contributed by atoms with Crippen LogP contribution < -0.4 is 10.5 Å². The van der Waals surface area contributed by atoms with E-state index in [2.05, 4.69) is 62.7 Å². The van der Waals surface area contributed by atoms with E-state index >= 15 is 0 Å². The van der Waals surface area contributed by atoms with Crippen molar-refractivity contribution in [1.82, 2.24) is 25.2 Å². The highest BCUT2D eigenvalue weighted by molar-refractivity contribution is 5.85. The fourth-order valence-electron chi connectivity index (χ4n) is 5.59. The maximum atomic E-state index is 13.7. The number of para-hydroxylation sites is 1. The highest BCUT2D eigenvalue weighted by atomic mass is 16.5. The Morgan fingerprint density at radius 1 is 1.14 bits per heavy atom. The third-order valence-corrected chi connectivity index (χ3v) is 7.43. The summed E-state index contributed by atoms with van der Waals surface area (Å²) >= 11 is 0. The van der Waals surface area contributed by atoms with Crippen LogP contribution in [0.5, 0.6) is 0 Å². The Morgan fingerprint density at radius 2 is 2.00 bits per heavy atom. The normalized spacial score (nSPS) is 18.7. The van der Waals surface area contributed by atoms with Gasteiger partial charge in [0, 0.05) is 29.8 Å². The zero-order valence-electron chi connectivity index (χ0n) is 20.2. The van der Waals surface area contributed by atoms with Crippen LogP contribution in [0, 0.1) is 13.8 Å². The third kappa shape index (κ3) is 3.91. The first-order valence-corrected chi connectivity index (χ1v) is 12.5. The van der Waals surface area contributed by atoms with Crippen LogP contribution in [0.3, 0.4) is 0 Å².